The molecule has 1 aromatic carbocycles. The van der Waals surface area contributed by atoms with Gasteiger partial charge in [0.15, 0.2) is 11.5 Å². The van der Waals surface area contributed by atoms with Crippen LogP contribution in [0.25, 0.3) is 0 Å². The fraction of sp³-hybridized carbons (Fsp3) is 0.700. The quantitative estimate of drug-likeness (QED) is 0.779. The van der Waals surface area contributed by atoms with Gasteiger partial charge in [0.2, 0.25) is 0 Å². The molecule has 26 heavy (non-hydrogen) atoms. The van der Waals surface area contributed by atoms with E-state index in [1.54, 1.807) is 14.2 Å². The summed E-state index contributed by atoms with van der Waals surface area (Å²) >= 11 is 0. The number of methoxy groups -OCH3 is 2. The molecule has 1 atom stereocenters. The van der Waals surface area contributed by atoms with E-state index in [1.165, 1.54) is 24.8 Å². The van der Waals surface area contributed by atoms with E-state index in [2.05, 4.69) is 11.0 Å². The fourth-order valence-corrected chi connectivity index (χ4v) is 4.16. The van der Waals surface area contributed by atoms with Crippen molar-refractivity contribution >= 4 is 12.4 Å². The first kappa shape index (κ1) is 21.3. The molecule has 148 valence electrons. The van der Waals surface area contributed by atoms with E-state index in [1.807, 2.05) is 12.1 Å². The molecule has 1 aromatic rings. The van der Waals surface area contributed by atoms with Crippen LogP contribution >= 0.6 is 12.4 Å². The first-order valence-corrected chi connectivity index (χ1v) is 9.45. The van der Waals surface area contributed by atoms with Crippen LogP contribution in [0.5, 0.6) is 11.5 Å². The number of benzene rings is 1. The highest BCUT2D eigenvalue weighted by molar-refractivity contribution is 5.85. The molecule has 1 unspecified atom stereocenters. The molecule has 1 saturated heterocycles. The standard InChI is InChI=1S/C20H31NO4.ClH/c1-23-18-7-6-16(14-19(18)24-2)9-13-25-20(10-4-3-5-11-20)21-12-8-17(22)15-21;/h6-7,14,17,22H,3-5,8-13,15H2,1-2H3;1H. The molecule has 0 spiro atoms. The minimum absolute atomic E-state index is 0. The second-order valence-corrected chi connectivity index (χ2v) is 7.18. The monoisotopic (exact) mass is 385 g/mol. The summed E-state index contributed by atoms with van der Waals surface area (Å²) in [4.78, 5) is 2.38. The van der Waals surface area contributed by atoms with E-state index in [0.29, 0.717) is 6.61 Å². The molecule has 2 aliphatic rings. The highest BCUT2D eigenvalue weighted by Crippen LogP contribution is 2.37. The highest BCUT2D eigenvalue weighted by Gasteiger charge is 2.41. The van der Waals surface area contributed by atoms with E-state index in [4.69, 9.17) is 14.2 Å². The number of aliphatic hydroxyl groups is 1. The molecule has 2 fully saturated rings. The summed E-state index contributed by atoms with van der Waals surface area (Å²) in [5.41, 5.74) is 1.01. The number of hydrogen-bond acceptors (Lipinski definition) is 5. The van der Waals surface area contributed by atoms with Crippen molar-refractivity contribution in [2.45, 2.75) is 56.8 Å². The number of rotatable bonds is 7. The van der Waals surface area contributed by atoms with E-state index >= 15 is 0 Å². The van der Waals surface area contributed by atoms with Crippen molar-refractivity contribution in [2.24, 2.45) is 0 Å². The molecule has 0 radical (unpaired) electrons. The second-order valence-electron chi connectivity index (χ2n) is 7.18. The van der Waals surface area contributed by atoms with Crippen LogP contribution < -0.4 is 9.47 Å². The van der Waals surface area contributed by atoms with Crippen LogP contribution in [0.2, 0.25) is 0 Å². The maximum atomic E-state index is 9.93. The molecule has 0 aromatic heterocycles. The largest absolute Gasteiger partial charge is 0.493 e. The van der Waals surface area contributed by atoms with Gasteiger partial charge >= 0.3 is 0 Å². The Balaban J connectivity index is 0.00000243. The molecule has 1 N–H and O–H groups in total. The zero-order valence-electron chi connectivity index (χ0n) is 15.9. The van der Waals surface area contributed by atoms with Gasteiger partial charge in [0.25, 0.3) is 0 Å². The fourth-order valence-electron chi connectivity index (χ4n) is 4.16. The van der Waals surface area contributed by atoms with Crippen molar-refractivity contribution in [1.29, 1.82) is 0 Å². The lowest BCUT2D eigenvalue weighted by Crippen LogP contribution is -2.51. The van der Waals surface area contributed by atoms with Gasteiger partial charge < -0.3 is 19.3 Å². The Morgan fingerprint density at radius 2 is 1.85 bits per heavy atom. The number of halogens is 1. The lowest BCUT2D eigenvalue weighted by Gasteiger charge is -2.44. The molecule has 0 bridgehead atoms. The summed E-state index contributed by atoms with van der Waals surface area (Å²) < 4.78 is 17.2. The van der Waals surface area contributed by atoms with E-state index in [9.17, 15) is 5.11 Å². The number of β-amino-alcohol motifs (C(OH)–C–C–N with tert-alkyl or cyclic N) is 1. The van der Waals surface area contributed by atoms with Crippen LogP contribution in [0.4, 0.5) is 0 Å². The van der Waals surface area contributed by atoms with Gasteiger partial charge in [-0.05, 0) is 56.2 Å². The predicted molar refractivity (Wildman–Crippen MR) is 104 cm³/mol. The van der Waals surface area contributed by atoms with Crippen LogP contribution in [0.3, 0.4) is 0 Å². The van der Waals surface area contributed by atoms with Crippen LogP contribution in [-0.4, -0.2) is 55.8 Å². The van der Waals surface area contributed by atoms with Crippen LogP contribution in [-0.2, 0) is 11.2 Å². The molecule has 1 aliphatic carbocycles. The summed E-state index contributed by atoms with van der Waals surface area (Å²) in [6, 6.07) is 6.04. The number of hydrogen-bond donors (Lipinski definition) is 1. The van der Waals surface area contributed by atoms with E-state index in [0.717, 1.165) is 50.3 Å². The molecule has 3 rings (SSSR count). The van der Waals surface area contributed by atoms with Crippen molar-refractivity contribution < 1.29 is 19.3 Å². The third-order valence-corrected chi connectivity index (χ3v) is 5.58. The Labute approximate surface area is 163 Å². The number of ether oxygens (including phenoxy) is 3. The highest BCUT2D eigenvalue weighted by atomic mass is 35.5. The van der Waals surface area contributed by atoms with Gasteiger partial charge in [-0.3, -0.25) is 4.90 Å². The van der Waals surface area contributed by atoms with Gasteiger partial charge in [-0.1, -0.05) is 12.5 Å². The van der Waals surface area contributed by atoms with Gasteiger partial charge in [0.1, 0.15) is 5.72 Å². The topological polar surface area (TPSA) is 51.2 Å². The maximum absolute atomic E-state index is 9.93. The number of likely N-dealkylation sites (tertiary alicyclic amines) is 1. The molecule has 1 aliphatic heterocycles. The minimum Gasteiger partial charge on any atom is -0.493 e. The summed E-state index contributed by atoms with van der Waals surface area (Å²) in [5.74, 6) is 1.51. The lowest BCUT2D eigenvalue weighted by molar-refractivity contribution is -0.170. The Morgan fingerprint density at radius 1 is 1.12 bits per heavy atom. The maximum Gasteiger partial charge on any atom is 0.160 e. The first-order chi connectivity index (χ1) is 12.2. The summed E-state index contributed by atoms with van der Waals surface area (Å²) in [7, 11) is 3.31. The Morgan fingerprint density at radius 3 is 2.46 bits per heavy atom. The molecular formula is C20H32ClNO4. The normalized spacial score (nSPS) is 22.7. The SMILES string of the molecule is COc1ccc(CCOC2(N3CCC(O)C3)CCCCC2)cc1OC.Cl. The summed E-state index contributed by atoms with van der Waals surface area (Å²) in [6.07, 6.45) is 7.37. The van der Waals surface area contributed by atoms with Gasteiger partial charge in [-0.25, -0.2) is 0 Å². The average Bonchev–Trinajstić information content (AvgIpc) is 3.09. The van der Waals surface area contributed by atoms with Crippen LogP contribution in [0.15, 0.2) is 18.2 Å². The Kier molecular flexibility index (Phi) is 8.02. The average molecular weight is 386 g/mol. The van der Waals surface area contributed by atoms with E-state index < -0.39 is 0 Å². The summed E-state index contributed by atoms with van der Waals surface area (Å²) in [6.45, 7) is 2.37. The number of aliphatic hydroxyl groups excluding tert-OH is 1. The van der Waals surface area contributed by atoms with Gasteiger partial charge in [-0.2, -0.15) is 0 Å². The molecule has 1 saturated carbocycles. The van der Waals surface area contributed by atoms with Crippen molar-refractivity contribution in [1.82, 2.24) is 4.90 Å². The Hall–Kier alpha value is -1.01. The van der Waals surface area contributed by atoms with Crippen molar-refractivity contribution in [2.75, 3.05) is 33.9 Å². The van der Waals surface area contributed by atoms with Gasteiger partial charge in [-0.15, -0.1) is 12.4 Å². The van der Waals surface area contributed by atoms with Gasteiger partial charge in [0, 0.05) is 13.1 Å². The third-order valence-electron chi connectivity index (χ3n) is 5.58. The minimum atomic E-state index is -0.201. The predicted octanol–water partition coefficient (Wildman–Crippen LogP) is 3.41. The molecule has 1 heterocycles. The Bertz CT molecular complexity index is 563. The smallest absolute Gasteiger partial charge is 0.160 e. The first-order valence-electron chi connectivity index (χ1n) is 9.45. The summed E-state index contributed by atoms with van der Waals surface area (Å²) in [5, 5.41) is 9.93. The van der Waals surface area contributed by atoms with Crippen LogP contribution in [0, 0.1) is 0 Å². The van der Waals surface area contributed by atoms with E-state index in [-0.39, 0.29) is 24.2 Å². The molecular weight excluding hydrogens is 354 g/mol. The van der Waals surface area contributed by atoms with Crippen LogP contribution in [0.1, 0.15) is 44.1 Å². The zero-order chi connectivity index (χ0) is 17.7. The second kappa shape index (κ2) is 9.79. The molecule has 5 nitrogen and oxygen atoms in total. The third kappa shape index (κ3) is 4.83. The van der Waals surface area contributed by atoms with Crippen molar-refractivity contribution in [3.8, 4) is 11.5 Å². The van der Waals surface area contributed by atoms with Crippen molar-refractivity contribution in [3.63, 3.8) is 0 Å². The van der Waals surface area contributed by atoms with Crippen molar-refractivity contribution in [3.05, 3.63) is 23.8 Å². The zero-order valence-corrected chi connectivity index (χ0v) is 16.7. The molecule has 0 amide bonds. The molecule has 6 heteroatoms. The number of nitrogens with zero attached hydrogens (tertiary/aromatic N) is 1. The van der Waals surface area contributed by atoms with Gasteiger partial charge in [0.05, 0.1) is 26.9 Å². The lowest BCUT2D eigenvalue weighted by atomic mass is 9.90.